The summed E-state index contributed by atoms with van der Waals surface area (Å²) in [6.07, 6.45) is -0.275. The van der Waals surface area contributed by atoms with E-state index >= 15 is 0 Å². The van der Waals surface area contributed by atoms with Gasteiger partial charge in [0.25, 0.3) is 0 Å². The highest BCUT2D eigenvalue weighted by molar-refractivity contribution is 5.91. The van der Waals surface area contributed by atoms with Crippen molar-refractivity contribution in [2.45, 2.75) is 53.1 Å². The van der Waals surface area contributed by atoms with Crippen molar-refractivity contribution in [3.05, 3.63) is 12.2 Å². The number of rotatable bonds is 7. The molecule has 0 aliphatic rings. The SMILES string of the molecule is C=C(C)C(=O)N(C)CC(OC(C)C)OC(C)C. The second-order valence-corrected chi connectivity index (χ2v) is 4.77. The van der Waals surface area contributed by atoms with E-state index in [1.165, 1.54) is 0 Å². The number of amides is 1. The number of hydrogen-bond donors (Lipinski definition) is 0. The zero-order valence-corrected chi connectivity index (χ0v) is 11.8. The highest BCUT2D eigenvalue weighted by Gasteiger charge is 2.19. The van der Waals surface area contributed by atoms with E-state index in [0.29, 0.717) is 12.1 Å². The van der Waals surface area contributed by atoms with E-state index in [1.807, 2.05) is 27.7 Å². The van der Waals surface area contributed by atoms with Gasteiger partial charge in [0, 0.05) is 12.6 Å². The largest absolute Gasteiger partial charge is 0.348 e. The molecule has 17 heavy (non-hydrogen) atoms. The van der Waals surface area contributed by atoms with Crippen molar-refractivity contribution in [3.8, 4) is 0 Å². The maximum absolute atomic E-state index is 11.7. The molecule has 0 aliphatic heterocycles. The molecular formula is C13H25NO3. The van der Waals surface area contributed by atoms with Gasteiger partial charge in [0.1, 0.15) is 0 Å². The van der Waals surface area contributed by atoms with Gasteiger partial charge in [0.15, 0.2) is 6.29 Å². The summed E-state index contributed by atoms with van der Waals surface area (Å²) in [6, 6.07) is 0. The Morgan fingerprint density at radius 1 is 1.18 bits per heavy atom. The van der Waals surface area contributed by atoms with Crippen LogP contribution in [0.4, 0.5) is 0 Å². The molecule has 100 valence electrons. The van der Waals surface area contributed by atoms with E-state index in [2.05, 4.69) is 6.58 Å². The van der Waals surface area contributed by atoms with Gasteiger partial charge in [-0.2, -0.15) is 0 Å². The van der Waals surface area contributed by atoms with Crippen LogP contribution in [0.3, 0.4) is 0 Å². The summed E-state index contributed by atoms with van der Waals surface area (Å²) in [5.41, 5.74) is 0.514. The molecule has 0 saturated heterocycles. The van der Waals surface area contributed by atoms with Crippen LogP contribution < -0.4 is 0 Å². The number of carbonyl (C=O) groups excluding carboxylic acids is 1. The quantitative estimate of drug-likeness (QED) is 0.508. The predicted octanol–water partition coefficient (Wildman–Crippen LogP) is 2.20. The molecule has 0 bridgehead atoms. The van der Waals surface area contributed by atoms with Crippen LogP contribution in [0.5, 0.6) is 0 Å². The average Bonchev–Trinajstić information content (AvgIpc) is 2.13. The summed E-state index contributed by atoms with van der Waals surface area (Å²) >= 11 is 0. The van der Waals surface area contributed by atoms with Crippen LogP contribution in [0.15, 0.2) is 12.2 Å². The lowest BCUT2D eigenvalue weighted by molar-refractivity contribution is -0.189. The fraction of sp³-hybridized carbons (Fsp3) is 0.769. The van der Waals surface area contributed by atoms with E-state index in [4.69, 9.17) is 9.47 Å². The van der Waals surface area contributed by atoms with E-state index in [-0.39, 0.29) is 18.1 Å². The minimum absolute atomic E-state index is 0.0621. The van der Waals surface area contributed by atoms with Crippen LogP contribution in [0.2, 0.25) is 0 Å². The maximum Gasteiger partial charge on any atom is 0.248 e. The molecule has 0 radical (unpaired) electrons. The zero-order valence-electron chi connectivity index (χ0n) is 11.8. The number of nitrogens with zero attached hydrogens (tertiary/aromatic N) is 1. The van der Waals surface area contributed by atoms with Gasteiger partial charge in [-0.25, -0.2) is 0 Å². The van der Waals surface area contributed by atoms with Gasteiger partial charge in [-0.1, -0.05) is 6.58 Å². The Kier molecular flexibility index (Phi) is 7.07. The van der Waals surface area contributed by atoms with Gasteiger partial charge >= 0.3 is 0 Å². The van der Waals surface area contributed by atoms with E-state index in [0.717, 1.165) is 0 Å². The van der Waals surface area contributed by atoms with Crippen LogP contribution in [0.25, 0.3) is 0 Å². The molecule has 0 N–H and O–H groups in total. The van der Waals surface area contributed by atoms with Crippen LogP contribution in [-0.2, 0) is 14.3 Å². The van der Waals surface area contributed by atoms with Crippen LogP contribution >= 0.6 is 0 Å². The molecule has 0 heterocycles. The van der Waals surface area contributed by atoms with Crippen molar-refractivity contribution in [1.82, 2.24) is 4.90 Å². The first-order chi connectivity index (χ1) is 7.73. The number of likely N-dealkylation sites (N-methyl/N-ethyl adjacent to an activating group) is 1. The Balaban J connectivity index is 4.41. The molecule has 0 spiro atoms. The van der Waals surface area contributed by atoms with Crippen LogP contribution in [0, 0.1) is 0 Å². The minimum atomic E-state index is -0.400. The van der Waals surface area contributed by atoms with E-state index in [9.17, 15) is 4.79 Å². The molecule has 0 rings (SSSR count). The van der Waals surface area contributed by atoms with Gasteiger partial charge in [-0.15, -0.1) is 0 Å². The number of carbonyl (C=O) groups is 1. The van der Waals surface area contributed by atoms with E-state index < -0.39 is 6.29 Å². The Morgan fingerprint density at radius 2 is 1.59 bits per heavy atom. The number of hydrogen-bond acceptors (Lipinski definition) is 3. The fourth-order valence-electron chi connectivity index (χ4n) is 1.36. The molecule has 0 saturated carbocycles. The summed E-state index contributed by atoms with van der Waals surface area (Å²) in [4.78, 5) is 13.2. The first-order valence-corrected chi connectivity index (χ1v) is 5.96. The molecular weight excluding hydrogens is 218 g/mol. The highest BCUT2D eigenvalue weighted by Crippen LogP contribution is 2.07. The van der Waals surface area contributed by atoms with Crippen molar-refractivity contribution in [2.75, 3.05) is 13.6 Å². The molecule has 0 aromatic heterocycles. The van der Waals surface area contributed by atoms with Crippen molar-refractivity contribution in [2.24, 2.45) is 0 Å². The highest BCUT2D eigenvalue weighted by atomic mass is 16.7. The Bertz CT molecular complexity index is 251. The van der Waals surface area contributed by atoms with E-state index in [1.54, 1.807) is 18.9 Å². The summed E-state index contributed by atoms with van der Waals surface area (Å²) in [5.74, 6) is -0.0882. The third kappa shape index (κ3) is 7.13. The lowest BCUT2D eigenvalue weighted by atomic mass is 10.3. The smallest absolute Gasteiger partial charge is 0.248 e. The van der Waals surface area contributed by atoms with Gasteiger partial charge < -0.3 is 14.4 Å². The third-order valence-electron chi connectivity index (χ3n) is 1.98. The Hall–Kier alpha value is -0.870. The summed E-state index contributed by atoms with van der Waals surface area (Å²) < 4.78 is 11.2. The van der Waals surface area contributed by atoms with Gasteiger partial charge in [0.2, 0.25) is 5.91 Å². The molecule has 0 aromatic rings. The van der Waals surface area contributed by atoms with Crippen molar-refractivity contribution < 1.29 is 14.3 Å². The Labute approximate surface area is 105 Å². The van der Waals surface area contributed by atoms with Crippen molar-refractivity contribution >= 4 is 5.91 Å². The molecule has 4 heteroatoms. The molecule has 0 aromatic carbocycles. The Morgan fingerprint density at radius 3 is 1.88 bits per heavy atom. The standard InChI is InChI=1S/C13H25NO3/c1-9(2)13(15)14(7)8-12(16-10(3)4)17-11(5)6/h10-12H,1,8H2,2-7H3. The van der Waals surface area contributed by atoms with Gasteiger partial charge in [-0.05, 0) is 34.6 Å². The fourth-order valence-corrected chi connectivity index (χ4v) is 1.36. The van der Waals surface area contributed by atoms with Crippen LogP contribution in [-0.4, -0.2) is 42.9 Å². The first-order valence-electron chi connectivity index (χ1n) is 5.96. The monoisotopic (exact) mass is 243 g/mol. The molecule has 0 unspecified atom stereocenters. The molecule has 4 nitrogen and oxygen atoms in total. The van der Waals surface area contributed by atoms with Crippen LogP contribution in [0.1, 0.15) is 34.6 Å². The summed E-state index contributed by atoms with van der Waals surface area (Å²) in [6.45, 7) is 13.5. The maximum atomic E-state index is 11.7. The lowest BCUT2D eigenvalue weighted by Crippen LogP contribution is -2.39. The van der Waals surface area contributed by atoms with Crippen molar-refractivity contribution in [1.29, 1.82) is 0 Å². The topological polar surface area (TPSA) is 38.8 Å². The summed E-state index contributed by atoms with van der Waals surface area (Å²) in [7, 11) is 1.72. The second kappa shape index (κ2) is 7.45. The number of ether oxygens (including phenoxy) is 2. The second-order valence-electron chi connectivity index (χ2n) is 4.77. The predicted molar refractivity (Wildman–Crippen MR) is 68.7 cm³/mol. The first kappa shape index (κ1) is 16.1. The lowest BCUT2D eigenvalue weighted by Gasteiger charge is -2.27. The molecule has 0 atom stereocenters. The van der Waals surface area contributed by atoms with Gasteiger partial charge in [0.05, 0.1) is 18.8 Å². The normalized spacial score (nSPS) is 11.4. The zero-order chi connectivity index (χ0) is 13.6. The third-order valence-corrected chi connectivity index (χ3v) is 1.98. The minimum Gasteiger partial charge on any atom is -0.348 e. The molecule has 1 amide bonds. The van der Waals surface area contributed by atoms with Crippen molar-refractivity contribution in [3.63, 3.8) is 0 Å². The molecule has 0 fully saturated rings. The van der Waals surface area contributed by atoms with Gasteiger partial charge in [-0.3, -0.25) is 4.79 Å². The summed E-state index contributed by atoms with van der Waals surface area (Å²) in [5, 5.41) is 0. The average molecular weight is 243 g/mol. The molecule has 0 aliphatic carbocycles.